The maximum Gasteiger partial charge on any atom is 0.287 e. The highest BCUT2D eigenvalue weighted by Crippen LogP contribution is 2.14. The third-order valence-corrected chi connectivity index (χ3v) is 3.48. The lowest BCUT2D eigenvalue weighted by atomic mass is 10.1. The van der Waals surface area contributed by atoms with Crippen LogP contribution in [-0.2, 0) is 11.3 Å². The number of hydrogen-bond donors (Lipinski definition) is 1. The van der Waals surface area contributed by atoms with Gasteiger partial charge in [0.2, 0.25) is 0 Å². The van der Waals surface area contributed by atoms with Gasteiger partial charge in [-0.2, -0.15) is 5.10 Å². The molecule has 1 aromatic heterocycles. The van der Waals surface area contributed by atoms with Crippen molar-refractivity contribution in [3.05, 3.63) is 21.6 Å². The molecule has 1 N–H and O–H groups in total. The third-order valence-electron chi connectivity index (χ3n) is 3.11. The van der Waals surface area contributed by atoms with Gasteiger partial charge in [-0.3, -0.25) is 4.79 Å². The first-order valence-corrected chi connectivity index (χ1v) is 8.01. The van der Waals surface area contributed by atoms with Crippen LogP contribution in [0.15, 0.2) is 11.0 Å². The quantitative estimate of drug-likeness (QED) is 0.674. The summed E-state index contributed by atoms with van der Waals surface area (Å²) in [5, 5.41) is 7.42. The molecule has 0 saturated carbocycles. The normalized spacial score (nSPS) is 11.1. The molecule has 0 aliphatic rings. The second kappa shape index (κ2) is 9.79. The number of nitrogens with one attached hydrogen (secondary N) is 1. The van der Waals surface area contributed by atoms with Crippen LogP contribution >= 0.6 is 11.6 Å². The number of hydrogen-bond acceptors (Lipinski definition) is 4. The first-order valence-electron chi connectivity index (χ1n) is 7.63. The van der Waals surface area contributed by atoms with E-state index in [2.05, 4.69) is 31.2 Å². The lowest BCUT2D eigenvalue weighted by Gasteiger charge is -2.11. The van der Waals surface area contributed by atoms with Gasteiger partial charge in [-0.15, -0.1) is 0 Å². The molecule has 0 unspecified atom stereocenters. The van der Waals surface area contributed by atoms with E-state index in [1.165, 1.54) is 4.68 Å². The standard InChI is InChI=1S/C15H26ClN3O2/c1-4-5-8-19-15(20)14(16)13(11-18-19)17-7-10-21-9-6-12(2)3/h11-12,17H,4-10H2,1-3H3. The Morgan fingerprint density at radius 1 is 1.43 bits per heavy atom. The maximum absolute atomic E-state index is 12.0. The fourth-order valence-corrected chi connectivity index (χ4v) is 1.95. The van der Waals surface area contributed by atoms with Crippen molar-refractivity contribution in [3.8, 4) is 0 Å². The predicted molar refractivity (Wildman–Crippen MR) is 87.2 cm³/mol. The van der Waals surface area contributed by atoms with Gasteiger partial charge >= 0.3 is 0 Å². The molecule has 0 radical (unpaired) electrons. The summed E-state index contributed by atoms with van der Waals surface area (Å²) in [5.74, 6) is 0.646. The van der Waals surface area contributed by atoms with Crippen LogP contribution in [0.1, 0.15) is 40.0 Å². The summed E-state index contributed by atoms with van der Waals surface area (Å²) in [6.07, 6.45) is 4.59. The topological polar surface area (TPSA) is 56.1 Å². The fraction of sp³-hybridized carbons (Fsp3) is 0.733. The van der Waals surface area contributed by atoms with Gasteiger partial charge in [0.1, 0.15) is 5.02 Å². The van der Waals surface area contributed by atoms with E-state index >= 15 is 0 Å². The number of unbranched alkanes of at least 4 members (excludes halogenated alkanes) is 1. The minimum atomic E-state index is -0.240. The Hall–Kier alpha value is -1.07. The molecule has 5 nitrogen and oxygen atoms in total. The van der Waals surface area contributed by atoms with E-state index in [0.717, 1.165) is 25.9 Å². The minimum absolute atomic E-state index is 0.197. The summed E-state index contributed by atoms with van der Waals surface area (Å²) >= 11 is 6.08. The Morgan fingerprint density at radius 3 is 2.86 bits per heavy atom. The lowest BCUT2D eigenvalue weighted by molar-refractivity contribution is 0.132. The van der Waals surface area contributed by atoms with E-state index in [0.29, 0.717) is 31.3 Å². The van der Waals surface area contributed by atoms with Gasteiger partial charge in [0.05, 0.1) is 18.5 Å². The highest BCUT2D eigenvalue weighted by molar-refractivity contribution is 6.32. The second-order valence-corrected chi connectivity index (χ2v) is 5.85. The van der Waals surface area contributed by atoms with Crippen molar-refractivity contribution in [3.63, 3.8) is 0 Å². The molecule has 6 heteroatoms. The largest absolute Gasteiger partial charge is 0.380 e. The minimum Gasteiger partial charge on any atom is -0.380 e. The van der Waals surface area contributed by atoms with Crippen LogP contribution in [0.3, 0.4) is 0 Å². The maximum atomic E-state index is 12.0. The van der Waals surface area contributed by atoms with E-state index in [9.17, 15) is 4.79 Å². The number of aromatic nitrogens is 2. The van der Waals surface area contributed by atoms with Crippen LogP contribution in [0, 0.1) is 5.92 Å². The van der Waals surface area contributed by atoms with Crippen molar-refractivity contribution in [2.45, 2.75) is 46.6 Å². The van der Waals surface area contributed by atoms with E-state index < -0.39 is 0 Å². The summed E-state index contributed by atoms with van der Waals surface area (Å²) in [6, 6.07) is 0. The Kier molecular flexibility index (Phi) is 8.38. The molecule has 0 aromatic carbocycles. The van der Waals surface area contributed by atoms with Crippen molar-refractivity contribution < 1.29 is 4.74 Å². The average molecular weight is 316 g/mol. The summed E-state index contributed by atoms with van der Waals surface area (Å²) in [4.78, 5) is 12.0. The third kappa shape index (κ3) is 6.48. The Labute approximate surface area is 131 Å². The molecular formula is C15H26ClN3O2. The van der Waals surface area contributed by atoms with Gasteiger partial charge in [-0.25, -0.2) is 4.68 Å². The first kappa shape index (κ1) is 18.0. The van der Waals surface area contributed by atoms with Gasteiger partial charge in [-0.1, -0.05) is 38.8 Å². The number of anilines is 1. The predicted octanol–water partition coefficient (Wildman–Crippen LogP) is 3.17. The Bertz CT molecular complexity index is 474. The highest BCUT2D eigenvalue weighted by atomic mass is 35.5. The monoisotopic (exact) mass is 315 g/mol. The van der Waals surface area contributed by atoms with Gasteiger partial charge in [0, 0.05) is 19.7 Å². The number of nitrogens with zero attached hydrogens (tertiary/aromatic N) is 2. The number of halogens is 1. The molecule has 0 atom stereocenters. The molecule has 1 heterocycles. The van der Waals surface area contributed by atoms with Crippen molar-refractivity contribution in [2.24, 2.45) is 5.92 Å². The molecular weight excluding hydrogens is 290 g/mol. The van der Waals surface area contributed by atoms with Crippen LogP contribution in [0.2, 0.25) is 5.02 Å². The second-order valence-electron chi connectivity index (χ2n) is 5.48. The van der Waals surface area contributed by atoms with Crippen molar-refractivity contribution >= 4 is 17.3 Å². The molecule has 1 rings (SSSR count). The van der Waals surface area contributed by atoms with Gasteiger partial charge in [0.15, 0.2) is 0 Å². The Balaban J connectivity index is 2.42. The van der Waals surface area contributed by atoms with Crippen LogP contribution in [0.25, 0.3) is 0 Å². The van der Waals surface area contributed by atoms with Gasteiger partial charge in [0.25, 0.3) is 5.56 Å². The summed E-state index contributed by atoms with van der Waals surface area (Å²) in [6.45, 7) is 8.96. The van der Waals surface area contributed by atoms with Gasteiger partial charge in [-0.05, 0) is 18.8 Å². The van der Waals surface area contributed by atoms with Gasteiger partial charge < -0.3 is 10.1 Å². The van der Waals surface area contributed by atoms with Crippen LogP contribution in [0.4, 0.5) is 5.69 Å². The molecule has 120 valence electrons. The molecule has 1 aromatic rings. The van der Waals surface area contributed by atoms with Crippen LogP contribution in [-0.4, -0.2) is 29.5 Å². The SMILES string of the molecule is CCCCn1ncc(NCCOCCC(C)C)c(Cl)c1=O. The average Bonchev–Trinajstić information content (AvgIpc) is 2.45. The molecule has 0 bridgehead atoms. The number of aryl methyl sites for hydroxylation is 1. The summed E-state index contributed by atoms with van der Waals surface area (Å²) in [5.41, 5.74) is 0.331. The zero-order chi connectivity index (χ0) is 15.7. The number of rotatable bonds is 10. The summed E-state index contributed by atoms with van der Waals surface area (Å²) < 4.78 is 6.92. The molecule has 0 fully saturated rings. The molecule has 0 saturated heterocycles. The zero-order valence-corrected chi connectivity index (χ0v) is 13.9. The van der Waals surface area contributed by atoms with Crippen molar-refractivity contribution in [2.75, 3.05) is 25.1 Å². The molecule has 21 heavy (non-hydrogen) atoms. The van der Waals surface area contributed by atoms with Crippen molar-refractivity contribution in [1.29, 1.82) is 0 Å². The van der Waals surface area contributed by atoms with E-state index in [-0.39, 0.29) is 10.6 Å². The highest BCUT2D eigenvalue weighted by Gasteiger charge is 2.08. The lowest BCUT2D eigenvalue weighted by Crippen LogP contribution is -2.25. The Morgan fingerprint density at radius 2 is 2.19 bits per heavy atom. The molecule has 0 aliphatic heterocycles. The fourth-order valence-electron chi connectivity index (χ4n) is 1.73. The van der Waals surface area contributed by atoms with Crippen molar-refractivity contribution in [1.82, 2.24) is 9.78 Å². The molecule has 0 spiro atoms. The zero-order valence-electron chi connectivity index (χ0n) is 13.2. The summed E-state index contributed by atoms with van der Waals surface area (Å²) in [7, 11) is 0. The van der Waals surface area contributed by atoms with E-state index in [1.807, 2.05) is 0 Å². The van der Waals surface area contributed by atoms with E-state index in [4.69, 9.17) is 16.3 Å². The number of ether oxygens (including phenoxy) is 1. The first-order chi connectivity index (χ1) is 10.1. The smallest absolute Gasteiger partial charge is 0.287 e. The van der Waals surface area contributed by atoms with Crippen LogP contribution in [0.5, 0.6) is 0 Å². The van der Waals surface area contributed by atoms with Crippen LogP contribution < -0.4 is 10.9 Å². The molecule has 0 aliphatic carbocycles. The molecule has 0 amide bonds. The van der Waals surface area contributed by atoms with E-state index in [1.54, 1.807) is 6.20 Å².